The minimum absolute atomic E-state index is 0.00691. The fourth-order valence-corrected chi connectivity index (χ4v) is 4.19. The number of hydrogen-bond donors (Lipinski definition) is 3. The molecule has 1 aliphatic carbocycles. The van der Waals surface area contributed by atoms with Gasteiger partial charge in [-0.2, -0.15) is 24.2 Å². The van der Waals surface area contributed by atoms with Gasteiger partial charge < -0.3 is 25.4 Å². The summed E-state index contributed by atoms with van der Waals surface area (Å²) in [5, 5.41) is 26.2. The van der Waals surface area contributed by atoms with Gasteiger partial charge in [-0.25, -0.2) is 19.2 Å². The molecule has 4 rings (SSSR count). The van der Waals surface area contributed by atoms with E-state index in [0.29, 0.717) is 12.8 Å². The number of aromatic nitrogens is 5. The van der Waals surface area contributed by atoms with E-state index in [1.54, 1.807) is 20.8 Å². The molecule has 0 saturated heterocycles. The molecule has 40 heavy (non-hydrogen) atoms. The number of amides is 1. The Hall–Kier alpha value is -4.61. The molecule has 1 aliphatic rings. The molecule has 0 unspecified atom stereocenters. The third kappa shape index (κ3) is 7.28. The lowest BCUT2D eigenvalue weighted by Gasteiger charge is -2.33. The van der Waals surface area contributed by atoms with Crippen LogP contribution in [-0.4, -0.2) is 55.4 Å². The minimum Gasteiger partial charge on any atom is -0.444 e. The van der Waals surface area contributed by atoms with Crippen molar-refractivity contribution in [3.05, 3.63) is 42.1 Å². The third-order valence-corrected chi connectivity index (χ3v) is 5.82. The Kier molecular flexibility index (Phi) is 8.56. The van der Waals surface area contributed by atoms with E-state index >= 15 is 4.39 Å². The fourth-order valence-electron chi connectivity index (χ4n) is 4.19. The summed E-state index contributed by atoms with van der Waals surface area (Å²) in [6.45, 7) is 2.15. The first-order valence-corrected chi connectivity index (χ1v) is 12.5. The van der Waals surface area contributed by atoms with Crippen molar-refractivity contribution < 1.29 is 27.4 Å². The lowest BCUT2D eigenvalue weighted by Crippen LogP contribution is -2.50. The van der Waals surface area contributed by atoms with Crippen LogP contribution in [-0.2, 0) is 4.74 Å². The number of nitrogens with one attached hydrogen (secondary N) is 3. The first kappa shape index (κ1) is 28.4. The van der Waals surface area contributed by atoms with Gasteiger partial charge in [0.25, 0.3) is 0 Å². The van der Waals surface area contributed by atoms with Crippen LogP contribution < -0.4 is 20.7 Å². The van der Waals surface area contributed by atoms with Crippen molar-refractivity contribution >= 4 is 23.4 Å². The second kappa shape index (κ2) is 12.1. The molecule has 1 amide bonds. The Morgan fingerprint density at radius 3 is 2.50 bits per heavy atom. The van der Waals surface area contributed by atoms with Gasteiger partial charge in [0.1, 0.15) is 17.4 Å². The summed E-state index contributed by atoms with van der Waals surface area (Å²) in [6, 6.07) is 3.58. The van der Waals surface area contributed by atoms with Crippen molar-refractivity contribution in [1.29, 1.82) is 5.26 Å². The van der Waals surface area contributed by atoms with E-state index in [1.807, 2.05) is 6.07 Å². The number of anilines is 3. The zero-order chi connectivity index (χ0) is 28.9. The first-order valence-electron chi connectivity index (χ1n) is 12.5. The third-order valence-electron chi connectivity index (χ3n) is 5.82. The lowest BCUT2D eigenvalue weighted by atomic mass is 9.90. The monoisotopic (exact) mass is 559 g/mol. The van der Waals surface area contributed by atoms with Gasteiger partial charge in [-0.3, -0.25) is 0 Å². The summed E-state index contributed by atoms with van der Waals surface area (Å²) in [7, 11) is 0. The SMILES string of the molecule is CC(C)(C)OC(=O)N[C@H]1CCCC[C@H]1Nc1nc(Nc2cnc(OC(F)F)c(-n3nccn3)c2)c(C#N)cc1F. The molecule has 3 heterocycles. The Balaban J connectivity index is 1.58. The first-order chi connectivity index (χ1) is 19.0. The zero-order valence-electron chi connectivity index (χ0n) is 22.0. The molecule has 1 fully saturated rings. The van der Waals surface area contributed by atoms with Crippen LogP contribution in [0.5, 0.6) is 5.88 Å². The van der Waals surface area contributed by atoms with Gasteiger partial charge in [-0.1, -0.05) is 12.8 Å². The fraction of sp³-hybridized carbons (Fsp3) is 0.440. The molecule has 0 bridgehead atoms. The van der Waals surface area contributed by atoms with Gasteiger partial charge >= 0.3 is 12.7 Å². The second-order valence-corrected chi connectivity index (χ2v) is 9.99. The number of halogens is 3. The summed E-state index contributed by atoms with van der Waals surface area (Å²) < 4.78 is 50.6. The summed E-state index contributed by atoms with van der Waals surface area (Å²) in [5.74, 6) is -1.33. The normalized spacial score (nSPS) is 17.1. The van der Waals surface area contributed by atoms with Crippen LogP contribution in [0.1, 0.15) is 52.0 Å². The molecule has 2 atom stereocenters. The van der Waals surface area contributed by atoms with Crippen LogP contribution in [0, 0.1) is 17.1 Å². The van der Waals surface area contributed by atoms with E-state index in [4.69, 9.17) is 4.74 Å². The number of carbonyl (C=O) groups is 1. The molecule has 3 aromatic heterocycles. The van der Waals surface area contributed by atoms with Crippen molar-refractivity contribution in [2.24, 2.45) is 0 Å². The minimum atomic E-state index is -3.13. The highest BCUT2D eigenvalue weighted by molar-refractivity contribution is 5.69. The van der Waals surface area contributed by atoms with E-state index in [-0.39, 0.29) is 40.7 Å². The molecule has 1 saturated carbocycles. The van der Waals surface area contributed by atoms with Crippen LogP contribution in [0.15, 0.2) is 30.7 Å². The summed E-state index contributed by atoms with van der Waals surface area (Å²) in [4.78, 5) is 21.6. The molecule has 15 heteroatoms. The molecule has 0 aliphatic heterocycles. The topological polar surface area (TPSA) is 152 Å². The Labute approximate surface area is 227 Å². The number of rotatable bonds is 8. The highest BCUT2D eigenvalue weighted by atomic mass is 19.3. The smallest absolute Gasteiger partial charge is 0.407 e. The van der Waals surface area contributed by atoms with Crippen LogP contribution in [0.2, 0.25) is 0 Å². The summed E-state index contributed by atoms with van der Waals surface area (Å²) >= 11 is 0. The summed E-state index contributed by atoms with van der Waals surface area (Å²) in [5.41, 5.74) is -0.568. The van der Waals surface area contributed by atoms with Crippen LogP contribution in [0.3, 0.4) is 0 Å². The van der Waals surface area contributed by atoms with Crippen LogP contribution >= 0.6 is 0 Å². The molecule has 3 aromatic rings. The molecule has 0 spiro atoms. The van der Waals surface area contributed by atoms with Gasteiger partial charge in [0.05, 0.1) is 35.9 Å². The number of nitriles is 1. The number of ether oxygens (including phenoxy) is 2. The Morgan fingerprint density at radius 2 is 1.85 bits per heavy atom. The van der Waals surface area contributed by atoms with E-state index in [2.05, 4.69) is 40.9 Å². The highest BCUT2D eigenvalue weighted by Gasteiger charge is 2.30. The number of alkyl halides is 2. The number of hydrogen-bond acceptors (Lipinski definition) is 10. The molecule has 212 valence electrons. The maximum absolute atomic E-state index is 15.0. The molecular formula is C25H28F3N9O3. The molecular weight excluding hydrogens is 531 g/mol. The van der Waals surface area contributed by atoms with Crippen molar-refractivity contribution in [1.82, 2.24) is 30.3 Å². The second-order valence-electron chi connectivity index (χ2n) is 9.99. The van der Waals surface area contributed by atoms with Gasteiger partial charge in [-0.15, -0.1) is 4.80 Å². The predicted molar refractivity (Wildman–Crippen MR) is 137 cm³/mol. The number of pyridine rings is 2. The zero-order valence-corrected chi connectivity index (χ0v) is 22.0. The van der Waals surface area contributed by atoms with Gasteiger partial charge in [0, 0.05) is 6.04 Å². The van der Waals surface area contributed by atoms with Crippen LogP contribution in [0.4, 0.5) is 35.3 Å². The number of alkyl carbamates (subject to hydrolysis) is 1. The van der Waals surface area contributed by atoms with Crippen LogP contribution in [0.25, 0.3) is 5.69 Å². The number of nitrogens with zero attached hydrogens (tertiary/aromatic N) is 6. The quantitative estimate of drug-likeness (QED) is 0.355. The lowest BCUT2D eigenvalue weighted by molar-refractivity contribution is -0.0529. The standard InChI is InChI=1S/C25H28F3N9O3/c1-25(2,3)40-24(38)35-18-7-5-4-6-17(18)34-21-16(26)10-14(12-29)20(36-21)33-15-11-19(37-31-8-9-32-37)22(30-13-15)39-23(27)28/h8-11,13,17-18,23H,4-7H2,1-3H3,(H,35,38)(H2,33,34,36)/t17-,18+/m1/s1. The maximum Gasteiger partial charge on any atom is 0.407 e. The van der Waals surface area contributed by atoms with E-state index < -0.39 is 30.0 Å². The van der Waals surface area contributed by atoms with Crippen molar-refractivity contribution in [2.45, 2.75) is 70.8 Å². The average Bonchev–Trinajstić information content (AvgIpc) is 3.41. The average molecular weight is 560 g/mol. The number of carbonyl (C=O) groups excluding carboxylic acids is 1. The van der Waals surface area contributed by atoms with Crippen molar-refractivity contribution in [3.8, 4) is 17.6 Å². The van der Waals surface area contributed by atoms with Gasteiger partial charge in [0.15, 0.2) is 17.5 Å². The van der Waals surface area contributed by atoms with Crippen molar-refractivity contribution in [3.63, 3.8) is 0 Å². The molecule has 0 radical (unpaired) electrons. The maximum atomic E-state index is 15.0. The van der Waals surface area contributed by atoms with E-state index in [1.165, 1.54) is 24.7 Å². The highest BCUT2D eigenvalue weighted by Crippen LogP contribution is 2.29. The molecule has 12 nitrogen and oxygen atoms in total. The predicted octanol–water partition coefficient (Wildman–Crippen LogP) is 4.66. The molecule has 3 N–H and O–H groups in total. The van der Waals surface area contributed by atoms with E-state index in [0.717, 1.165) is 23.7 Å². The van der Waals surface area contributed by atoms with Gasteiger partial charge in [-0.05, 0) is 45.7 Å². The molecule has 0 aromatic carbocycles. The van der Waals surface area contributed by atoms with Crippen molar-refractivity contribution in [2.75, 3.05) is 10.6 Å². The largest absolute Gasteiger partial charge is 0.444 e. The Bertz CT molecular complexity index is 1370. The van der Waals surface area contributed by atoms with Gasteiger partial charge in [0.2, 0.25) is 5.88 Å². The Morgan fingerprint density at radius 1 is 1.15 bits per heavy atom. The van der Waals surface area contributed by atoms with E-state index in [9.17, 15) is 18.8 Å². The summed E-state index contributed by atoms with van der Waals surface area (Å²) in [6.07, 6.45) is 6.33.